The Balaban J connectivity index is 2.19. The van der Waals surface area contributed by atoms with Crippen LogP contribution in [0.5, 0.6) is 0 Å². The normalized spacial score (nSPS) is 12.5. The standard InChI is InChI=1S/C17H16N2/c1-12(18)15-7-3-4-8-16(15)14-10-13-6-2-5-9-17(13)19-11-14/h2-12H,18H2,1H3. The minimum Gasteiger partial charge on any atom is -0.324 e. The lowest BCUT2D eigenvalue weighted by atomic mass is 9.96. The van der Waals surface area contributed by atoms with Gasteiger partial charge in [0.25, 0.3) is 0 Å². The molecule has 0 aliphatic rings. The van der Waals surface area contributed by atoms with Gasteiger partial charge in [-0.15, -0.1) is 0 Å². The van der Waals surface area contributed by atoms with E-state index in [9.17, 15) is 0 Å². The summed E-state index contributed by atoms with van der Waals surface area (Å²) in [7, 11) is 0. The van der Waals surface area contributed by atoms with Gasteiger partial charge in [-0.05, 0) is 30.2 Å². The molecule has 0 saturated carbocycles. The zero-order valence-electron chi connectivity index (χ0n) is 10.9. The van der Waals surface area contributed by atoms with Crippen LogP contribution in [0.2, 0.25) is 0 Å². The van der Waals surface area contributed by atoms with Gasteiger partial charge < -0.3 is 5.73 Å². The first-order valence-corrected chi connectivity index (χ1v) is 6.45. The van der Waals surface area contributed by atoms with Crippen LogP contribution in [0, 0.1) is 0 Å². The van der Waals surface area contributed by atoms with E-state index in [2.05, 4.69) is 29.2 Å². The van der Waals surface area contributed by atoms with Crippen molar-refractivity contribution in [2.45, 2.75) is 13.0 Å². The molecule has 3 rings (SSSR count). The summed E-state index contributed by atoms with van der Waals surface area (Å²) in [6, 6.07) is 18.6. The molecule has 94 valence electrons. The Morgan fingerprint density at radius 3 is 2.58 bits per heavy atom. The monoisotopic (exact) mass is 248 g/mol. The van der Waals surface area contributed by atoms with E-state index in [1.54, 1.807) is 0 Å². The number of benzene rings is 2. The largest absolute Gasteiger partial charge is 0.324 e. The lowest BCUT2D eigenvalue weighted by Gasteiger charge is -2.13. The molecule has 19 heavy (non-hydrogen) atoms. The molecule has 0 amide bonds. The maximum Gasteiger partial charge on any atom is 0.0702 e. The van der Waals surface area contributed by atoms with E-state index >= 15 is 0 Å². The Kier molecular flexibility index (Phi) is 3.02. The number of aromatic nitrogens is 1. The second-order valence-electron chi connectivity index (χ2n) is 4.79. The Bertz CT molecular complexity index is 717. The minimum atomic E-state index is 0.0164. The molecule has 0 spiro atoms. The molecule has 1 aromatic heterocycles. The molecule has 2 N–H and O–H groups in total. The van der Waals surface area contributed by atoms with Gasteiger partial charge in [-0.1, -0.05) is 42.5 Å². The van der Waals surface area contributed by atoms with Crippen molar-refractivity contribution in [1.82, 2.24) is 4.98 Å². The van der Waals surface area contributed by atoms with Crippen molar-refractivity contribution in [3.8, 4) is 11.1 Å². The number of para-hydroxylation sites is 1. The van der Waals surface area contributed by atoms with Crippen molar-refractivity contribution in [2.24, 2.45) is 5.73 Å². The number of hydrogen-bond donors (Lipinski definition) is 1. The van der Waals surface area contributed by atoms with Crippen LogP contribution < -0.4 is 5.73 Å². The van der Waals surface area contributed by atoms with Gasteiger partial charge in [0, 0.05) is 23.2 Å². The summed E-state index contributed by atoms with van der Waals surface area (Å²) >= 11 is 0. The highest BCUT2D eigenvalue weighted by atomic mass is 14.7. The second kappa shape index (κ2) is 4.82. The van der Waals surface area contributed by atoms with E-state index in [-0.39, 0.29) is 6.04 Å². The smallest absolute Gasteiger partial charge is 0.0702 e. The first kappa shape index (κ1) is 11.9. The van der Waals surface area contributed by atoms with Gasteiger partial charge in [0.15, 0.2) is 0 Å². The summed E-state index contributed by atoms with van der Waals surface area (Å²) in [6.45, 7) is 2.01. The second-order valence-corrected chi connectivity index (χ2v) is 4.79. The van der Waals surface area contributed by atoms with Crippen LogP contribution in [0.25, 0.3) is 22.0 Å². The van der Waals surface area contributed by atoms with Crippen molar-refractivity contribution < 1.29 is 0 Å². The Morgan fingerprint density at radius 1 is 1.00 bits per heavy atom. The number of nitrogens with zero attached hydrogens (tertiary/aromatic N) is 1. The van der Waals surface area contributed by atoms with E-state index in [4.69, 9.17) is 5.73 Å². The van der Waals surface area contributed by atoms with Crippen LogP contribution in [0.1, 0.15) is 18.5 Å². The van der Waals surface area contributed by atoms with Gasteiger partial charge in [-0.3, -0.25) is 4.98 Å². The summed E-state index contributed by atoms with van der Waals surface area (Å²) < 4.78 is 0. The topological polar surface area (TPSA) is 38.9 Å². The maximum atomic E-state index is 6.04. The lowest BCUT2D eigenvalue weighted by molar-refractivity contribution is 0.820. The molecule has 2 aromatic carbocycles. The number of rotatable bonds is 2. The van der Waals surface area contributed by atoms with Crippen molar-refractivity contribution >= 4 is 10.9 Å². The molecule has 0 saturated heterocycles. The molecule has 0 fully saturated rings. The number of nitrogens with two attached hydrogens (primary N) is 1. The number of fused-ring (bicyclic) bond motifs is 1. The highest BCUT2D eigenvalue weighted by Crippen LogP contribution is 2.28. The van der Waals surface area contributed by atoms with Crippen molar-refractivity contribution in [3.05, 3.63) is 66.4 Å². The first-order valence-electron chi connectivity index (χ1n) is 6.45. The average molecular weight is 248 g/mol. The Morgan fingerprint density at radius 2 is 1.74 bits per heavy atom. The fraction of sp³-hybridized carbons (Fsp3) is 0.118. The van der Waals surface area contributed by atoms with E-state index < -0.39 is 0 Å². The Hall–Kier alpha value is -2.19. The third kappa shape index (κ3) is 2.23. The van der Waals surface area contributed by atoms with Crippen molar-refractivity contribution in [3.63, 3.8) is 0 Å². The molecule has 3 aromatic rings. The van der Waals surface area contributed by atoms with Crippen molar-refractivity contribution in [1.29, 1.82) is 0 Å². The van der Waals surface area contributed by atoms with Gasteiger partial charge >= 0.3 is 0 Å². The summed E-state index contributed by atoms with van der Waals surface area (Å²) in [6.07, 6.45) is 1.92. The fourth-order valence-electron chi connectivity index (χ4n) is 2.38. The molecule has 0 radical (unpaired) electrons. The fourth-order valence-corrected chi connectivity index (χ4v) is 2.38. The highest BCUT2D eigenvalue weighted by Gasteiger charge is 2.08. The zero-order chi connectivity index (χ0) is 13.2. The van der Waals surface area contributed by atoms with Gasteiger partial charge in [0.2, 0.25) is 0 Å². The van der Waals surface area contributed by atoms with Gasteiger partial charge in [0.05, 0.1) is 5.52 Å². The predicted octanol–water partition coefficient (Wildman–Crippen LogP) is 3.92. The summed E-state index contributed by atoms with van der Waals surface area (Å²) in [5.41, 5.74) is 10.5. The lowest BCUT2D eigenvalue weighted by Crippen LogP contribution is -2.06. The van der Waals surface area contributed by atoms with Gasteiger partial charge in [-0.25, -0.2) is 0 Å². The van der Waals surface area contributed by atoms with Crippen LogP contribution in [0.15, 0.2) is 60.8 Å². The van der Waals surface area contributed by atoms with Crippen LogP contribution in [0.4, 0.5) is 0 Å². The van der Waals surface area contributed by atoms with Crippen LogP contribution >= 0.6 is 0 Å². The van der Waals surface area contributed by atoms with Gasteiger partial charge in [0.1, 0.15) is 0 Å². The molecule has 1 unspecified atom stereocenters. The summed E-state index contributed by atoms with van der Waals surface area (Å²) in [5.74, 6) is 0. The molecule has 1 heterocycles. The predicted molar refractivity (Wildman–Crippen MR) is 79.8 cm³/mol. The minimum absolute atomic E-state index is 0.0164. The van der Waals surface area contributed by atoms with E-state index in [0.717, 1.165) is 27.6 Å². The number of pyridine rings is 1. The SMILES string of the molecule is CC(N)c1ccccc1-c1cnc2ccccc2c1. The van der Waals surface area contributed by atoms with E-state index in [0.29, 0.717) is 0 Å². The van der Waals surface area contributed by atoms with E-state index in [1.807, 2.05) is 43.5 Å². The summed E-state index contributed by atoms with van der Waals surface area (Å²) in [5, 5.41) is 1.15. The average Bonchev–Trinajstić information content (AvgIpc) is 2.46. The molecular weight excluding hydrogens is 232 g/mol. The van der Waals surface area contributed by atoms with E-state index in [1.165, 1.54) is 0 Å². The van der Waals surface area contributed by atoms with Crippen LogP contribution in [-0.2, 0) is 0 Å². The molecule has 2 nitrogen and oxygen atoms in total. The molecular formula is C17H16N2. The van der Waals surface area contributed by atoms with Crippen LogP contribution in [-0.4, -0.2) is 4.98 Å². The molecule has 0 aliphatic heterocycles. The maximum absolute atomic E-state index is 6.04. The molecule has 1 atom stereocenters. The number of hydrogen-bond acceptors (Lipinski definition) is 2. The van der Waals surface area contributed by atoms with Crippen molar-refractivity contribution in [2.75, 3.05) is 0 Å². The third-order valence-electron chi connectivity index (χ3n) is 3.35. The summed E-state index contributed by atoms with van der Waals surface area (Å²) in [4.78, 5) is 4.52. The first-order chi connectivity index (χ1) is 9.25. The highest BCUT2D eigenvalue weighted by molar-refractivity contribution is 5.84. The Labute approximate surface area is 112 Å². The quantitative estimate of drug-likeness (QED) is 0.746. The molecule has 2 heteroatoms. The zero-order valence-corrected chi connectivity index (χ0v) is 10.9. The van der Waals surface area contributed by atoms with Crippen LogP contribution in [0.3, 0.4) is 0 Å². The molecule has 0 aliphatic carbocycles. The molecule has 0 bridgehead atoms. The third-order valence-corrected chi connectivity index (χ3v) is 3.35. The van der Waals surface area contributed by atoms with Gasteiger partial charge in [-0.2, -0.15) is 0 Å².